The van der Waals surface area contributed by atoms with Crippen molar-refractivity contribution in [3.8, 4) is 0 Å². The Hall–Kier alpha value is -1.33. The summed E-state index contributed by atoms with van der Waals surface area (Å²) >= 11 is 0. The zero-order valence-corrected chi connectivity index (χ0v) is 11.3. The average molecular weight is 267 g/mol. The van der Waals surface area contributed by atoms with Gasteiger partial charge in [-0.15, -0.1) is 0 Å². The van der Waals surface area contributed by atoms with Crippen LogP contribution in [0.2, 0.25) is 0 Å². The van der Waals surface area contributed by atoms with Gasteiger partial charge in [0.25, 0.3) is 0 Å². The van der Waals surface area contributed by atoms with Crippen LogP contribution in [0.4, 0.5) is 0 Å². The molecule has 0 aromatic carbocycles. The standard InChI is InChI=1S/C14H21NO4/c1-11(17-2)3-4-14(16)18-6-5-15-8-12-7-13(9-15)19-10-12/h3-4,12-13H,1,5-10H2,2H3/b4-3+. The van der Waals surface area contributed by atoms with Crippen LogP contribution >= 0.6 is 0 Å². The van der Waals surface area contributed by atoms with Crippen molar-refractivity contribution in [2.24, 2.45) is 5.92 Å². The third-order valence-corrected chi connectivity index (χ3v) is 3.46. The topological polar surface area (TPSA) is 48.0 Å². The molecule has 0 amide bonds. The fraction of sp³-hybridized carbons (Fsp3) is 0.643. The lowest BCUT2D eigenvalue weighted by Crippen LogP contribution is -2.41. The van der Waals surface area contributed by atoms with Gasteiger partial charge in [-0.3, -0.25) is 4.90 Å². The van der Waals surface area contributed by atoms with Crippen LogP contribution in [0.5, 0.6) is 0 Å². The zero-order valence-electron chi connectivity index (χ0n) is 11.3. The molecule has 0 radical (unpaired) electrons. The lowest BCUT2D eigenvalue weighted by molar-refractivity contribution is -0.138. The Morgan fingerprint density at radius 1 is 1.47 bits per heavy atom. The Bertz CT molecular complexity index is 354. The minimum Gasteiger partial charge on any atom is -0.497 e. The highest BCUT2D eigenvalue weighted by atomic mass is 16.5. The maximum absolute atomic E-state index is 11.4. The fourth-order valence-electron chi connectivity index (χ4n) is 2.50. The van der Waals surface area contributed by atoms with Crippen molar-refractivity contribution < 1.29 is 19.0 Å². The second kappa shape index (κ2) is 6.73. The maximum Gasteiger partial charge on any atom is 0.330 e. The van der Waals surface area contributed by atoms with Crippen molar-refractivity contribution in [3.05, 3.63) is 24.5 Å². The number of methoxy groups -OCH3 is 1. The second-order valence-electron chi connectivity index (χ2n) is 4.99. The molecule has 0 saturated carbocycles. The molecule has 2 bridgehead atoms. The third kappa shape index (κ3) is 4.36. The van der Waals surface area contributed by atoms with Crippen LogP contribution in [0, 0.1) is 5.92 Å². The molecule has 2 heterocycles. The van der Waals surface area contributed by atoms with E-state index < -0.39 is 0 Å². The number of hydrogen-bond acceptors (Lipinski definition) is 5. The van der Waals surface area contributed by atoms with Crippen LogP contribution in [-0.4, -0.2) is 56.9 Å². The summed E-state index contributed by atoms with van der Waals surface area (Å²) < 4.78 is 15.6. The van der Waals surface area contributed by atoms with Gasteiger partial charge in [-0.2, -0.15) is 0 Å². The van der Waals surface area contributed by atoms with E-state index in [1.54, 1.807) is 0 Å². The first-order valence-electron chi connectivity index (χ1n) is 6.59. The van der Waals surface area contributed by atoms with Crippen molar-refractivity contribution in [3.63, 3.8) is 0 Å². The maximum atomic E-state index is 11.4. The summed E-state index contributed by atoms with van der Waals surface area (Å²) in [5.41, 5.74) is 0. The van der Waals surface area contributed by atoms with Crippen LogP contribution < -0.4 is 0 Å². The summed E-state index contributed by atoms with van der Waals surface area (Å²) in [6.07, 6.45) is 4.38. The Kier molecular flexibility index (Phi) is 4.99. The largest absolute Gasteiger partial charge is 0.497 e. The van der Waals surface area contributed by atoms with Gasteiger partial charge in [0.1, 0.15) is 12.4 Å². The van der Waals surface area contributed by atoms with Crippen molar-refractivity contribution >= 4 is 5.97 Å². The molecular formula is C14H21NO4. The highest BCUT2D eigenvalue weighted by Gasteiger charge is 2.33. The van der Waals surface area contributed by atoms with Crippen LogP contribution in [0.15, 0.2) is 24.5 Å². The van der Waals surface area contributed by atoms with Gasteiger partial charge in [0.2, 0.25) is 0 Å². The molecule has 2 aliphatic heterocycles. The van der Waals surface area contributed by atoms with Crippen molar-refractivity contribution in [2.75, 3.05) is 40.0 Å². The fourth-order valence-corrected chi connectivity index (χ4v) is 2.50. The minimum absolute atomic E-state index is 0.366. The number of esters is 1. The SMILES string of the molecule is C=C(/C=C/C(=O)OCCN1CC2COC(C2)C1)OC. The number of carbonyl (C=O) groups is 1. The molecule has 0 aromatic rings. The van der Waals surface area contributed by atoms with E-state index in [-0.39, 0.29) is 5.97 Å². The van der Waals surface area contributed by atoms with Gasteiger partial charge in [-0.25, -0.2) is 4.79 Å². The molecule has 2 saturated heterocycles. The number of fused-ring (bicyclic) bond motifs is 2. The van der Waals surface area contributed by atoms with Gasteiger partial charge in [-0.1, -0.05) is 6.58 Å². The van der Waals surface area contributed by atoms with E-state index in [1.165, 1.54) is 25.7 Å². The number of hydrogen-bond donors (Lipinski definition) is 0. The molecule has 0 aromatic heterocycles. The molecule has 0 aliphatic carbocycles. The van der Waals surface area contributed by atoms with E-state index in [0.717, 1.165) is 26.2 Å². The molecule has 2 aliphatic rings. The van der Waals surface area contributed by atoms with Crippen LogP contribution in [0.25, 0.3) is 0 Å². The van der Waals surface area contributed by atoms with Crippen LogP contribution in [-0.2, 0) is 19.0 Å². The smallest absolute Gasteiger partial charge is 0.330 e. The molecule has 106 valence electrons. The summed E-state index contributed by atoms with van der Waals surface area (Å²) in [5.74, 6) is 0.718. The van der Waals surface area contributed by atoms with Gasteiger partial charge in [0.15, 0.2) is 0 Å². The third-order valence-electron chi connectivity index (χ3n) is 3.46. The number of nitrogens with zero attached hydrogens (tertiary/aromatic N) is 1. The summed E-state index contributed by atoms with van der Waals surface area (Å²) in [5, 5.41) is 0. The van der Waals surface area contributed by atoms with Crippen LogP contribution in [0.3, 0.4) is 0 Å². The predicted molar refractivity (Wildman–Crippen MR) is 70.5 cm³/mol. The van der Waals surface area contributed by atoms with Gasteiger partial charge in [0, 0.05) is 25.7 Å². The Balaban J connectivity index is 1.62. The van der Waals surface area contributed by atoms with E-state index in [4.69, 9.17) is 14.2 Å². The number of likely N-dealkylation sites (tertiary alicyclic amines) is 1. The molecule has 5 nitrogen and oxygen atoms in total. The summed E-state index contributed by atoms with van der Waals surface area (Å²) in [4.78, 5) is 13.7. The van der Waals surface area contributed by atoms with Gasteiger partial charge < -0.3 is 14.2 Å². The Labute approximate surface area is 113 Å². The quantitative estimate of drug-likeness (QED) is 0.310. The first-order valence-corrected chi connectivity index (χ1v) is 6.59. The monoisotopic (exact) mass is 267 g/mol. The summed E-state index contributed by atoms with van der Waals surface area (Å²) in [7, 11) is 1.50. The molecule has 5 heteroatoms. The predicted octanol–water partition coefficient (Wildman–Crippen LogP) is 0.967. The number of ether oxygens (including phenoxy) is 3. The highest BCUT2D eigenvalue weighted by Crippen LogP contribution is 2.26. The van der Waals surface area contributed by atoms with E-state index in [0.29, 0.717) is 24.4 Å². The minimum atomic E-state index is -0.366. The van der Waals surface area contributed by atoms with E-state index in [1.807, 2.05) is 0 Å². The number of allylic oxidation sites excluding steroid dienone is 1. The Morgan fingerprint density at radius 3 is 3.05 bits per heavy atom. The first-order chi connectivity index (χ1) is 9.17. The van der Waals surface area contributed by atoms with Crippen LogP contribution in [0.1, 0.15) is 6.42 Å². The molecule has 2 unspecified atom stereocenters. The zero-order chi connectivity index (χ0) is 13.7. The first kappa shape index (κ1) is 14.1. The average Bonchev–Trinajstić information content (AvgIpc) is 2.75. The Morgan fingerprint density at radius 2 is 2.32 bits per heavy atom. The molecule has 0 N–H and O–H groups in total. The molecule has 2 fully saturated rings. The number of rotatable bonds is 6. The molecular weight excluding hydrogens is 246 g/mol. The molecule has 2 atom stereocenters. The van der Waals surface area contributed by atoms with Crippen molar-refractivity contribution in [2.45, 2.75) is 12.5 Å². The summed E-state index contributed by atoms with van der Waals surface area (Å²) in [6.45, 7) is 7.63. The lowest BCUT2D eigenvalue weighted by Gasteiger charge is -2.29. The normalized spacial score (nSPS) is 26.6. The molecule has 0 spiro atoms. The number of carbonyl (C=O) groups excluding carboxylic acids is 1. The molecule has 19 heavy (non-hydrogen) atoms. The number of piperidine rings is 1. The van der Waals surface area contributed by atoms with Crippen molar-refractivity contribution in [1.82, 2.24) is 4.90 Å². The summed E-state index contributed by atoms with van der Waals surface area (Å²) in [6, 6.07) is 0. The van der Waals surface area contributed by atoms with E-state index in [2.05, 4.69) is 11.5 Å². The van der Waals surface area contributed by atoms with E-state index >= 15 is 0 Å². The second-order valence-corrected chi connectivity index (χ2v) is 4.99. The van der Waals surface area contributed by atoms with Gasteiger partial charge in [-0.05, 0) is 18.4 Å². The van der Waals surface area contributed by atoms with Gasteiger partial charge in [0.05, 0.1) is 19.8 Å². The van der Waals surface area contributed by atoms with E-state index in [9.17, 15) is 4.79 Å². The molecule has 2 rings (SSSR count). The van der Waals surface area contributed by atoms with Crippen molar-refractivity contribution in [1.29, 1.82) is 0 Å². The lowest BCUT2D eigenvalue weighted by atomic mass is 10.0. The highest BCUT2D eigenvalue weighted by molar-refractivity contribution is 5.82. The van der Waals surface area contributed by atoms with Gasteiger partial charge >= 0.3 is 5.97 Å².